The first-order chi connectivity index (χ1) is 19.6. The third kappa shape index (κ3) is 13.7. The highest BCUT2D eigenvalue weighted by molar-refractivity contribution is 7.98. The fourth-order valence-electron chi connectivity index (χ4n) is 4.34. The molecule has 41 heavy (non-hydrogen) atoms. The largest absolute Gasteiger partial charge is 0.483 e. The zero-order chi connectivity index (χ0) is 30.1. The third-order valence-corrected chi connectivity index (χ3v) is 7.71. The number of halogens is 2. The number of rotatable bonds is 9. The van der Waals surface area contributed by atoms with Crippen LogP contribution < -0.4 is 10.6 Å². The molecule has 0 unspecified atom stereocenters. The Morgan fingerprint density at radius 1 is 1.10 bits per heavy atom. The Labute approximate surface area is 246 Å². The first-order valence-corrected chi connectivity index (χ1v) is 14.8. The number of aromatic nitrogens is 1. The fourth-order valence-corrected chi connectivity index (χ4v) is 5.54. The number of benzene rings is 2. The molecule has 3 aromatic rings. The van der Waals surface area contributed by atoms with Crippen molar-refractivity contribution in [2.75, 3.05) is 18.8 Å². The molecule has 0 bridgehead atoms. The third-order valence-electron chi connectivity index (χ3n) is 6.47. The predicted molar refractivity (Wildman–Crippen MR) is 162 cm³/mol. The molecule has 1 aromatic heterocycles. The maximum absolute atomic E-state index is 13.5. The lowest BCUT2D eigenvalue weighted by atomic mass is 10.00. The second-order valence-electron chi connectivity index (χ2n) is 10.1. The second kappa shape index (κ2) is 18.2. The van der Waals surface area contributed by atoms with E-state index < -0.39 is 5.92 Å². The van der Waals surface area contributed by atoms with Gasteiger partial charge >= 0.3 is 0 Å². The van der Waals surface area contributed by atoms with E-state index in [2.05, 4.69) is 58.6 Å². The van der Waals surface area contributed by atoms with Crippen molar-refractivity contribution < 1.29 is 23.5 Å². The molecule has 1 aliphatic rings. The van der Waals surface area contributed by atoms with E-state index in [1.165, 1.54) is 54.6 Å². The molecule has 1 fully saturated rings. The van der Waals surface area contributed by atoms with E-state index in [1.807, 2.05) is 19.1 Å². The van der Waals surface area contributed by atoms with Crippen LogP contribution in [0, 0.1) is 19.8 Å². The topological polar surface area (TPSA) is 91.3 Å². The molecule has 0 atom stereocenters. The van der Waals surface area contributed by atoms with E-state index in [0.717, 1.165) is 24.1 Å². The summed E-state index contributed by atoms with van der Waals surface area (Å²) in [7, 11) is 0. The van der Waals surface area contributed by atoms with Gasteiger partial charge in [-0.05, 0) is 74.2 Å². The summed E-state index contributed by atoms with van der Waals surface area (Å²) in [5.41, 5.74) is 4.85. The Morgan fingerprint density at radius 2 is 1.80 bits per heavy atom. The number of thioether (sulfide) groups is 1. The van der Waals surface area contributed by atoms with Gasteiger partial charge in [-0.15, -0.1) is 0 Å². The number of carbonyl (C=O) groups is 2. The summed E-state index contributed by atoms with van der Waals surface area (Å²) < 4.78 is 27.0. The van der Waals surface area contributed by atoms with Crippen LogP contribution in [0.4, 0.5) is 8.78 Å². The molecule has 6 nitrogen and oxygen atoms in total. The van der Waals surface area contributed by atoms with Crippen molar-refractivity contribution in [1.82, 2.24) is 15.6 Å². The van der Waals surface area contributed by atoms with E-state index >= 15 is 0 Å². The van der Waals surface area contributed by atoms with Gasteiger partial charge in [0.25, 0.3) is 12.4 Å². The van der Waals surface area contributed by atoms with Crippen molar-refractivity contribution in [3.05, 3.63) is 100 Å². The van der Waals surface area contributed by atoms with Gasteiger partial charge in [-0.1, -0.05) is 60.2 Å². The molecule has 0 spiro atoms. The number of aryl methyl sites for hydroxylation is 2. The lowest BCUT2D eigenvalue weighted by Gasteiger charge is -2.22. The molecule has 1 amide bonds. The lowest BCUT2D eigenvalue weighted by molar-refractivity contribution is -0.123. The number of nitrogens with zero attached hydrogens (tertiary/aromatic N) is 1. The zero-order valence-corrected chi connectivity index (χ0v) is 24.9. The van der Waals surface area contributed by atoms with Crippen LogP contribution in [0.1, 0.15) is 53.3 Å². The first kappa shape index (κ1) is 33.9. The molecule has 3 N–H and O–H groups in total. The zero-order valence-electron chi connectivity index (χ0n) is 24.0. The van der Waals surface area contributed by atoms with Crippen molar-refractivity contribution in [2.45, 2.75) is 58.3 Å². The number of amides is 1. The number of carbonyl (C=O) groups excluding carboxylic acids is 1. The Morgan fingerprint density at radius 3 is 2.44 bits per heavy atom. The van der Waals surface area contributed by atoms with E-state index in [1.54, 1.807) is 24.4 Å². The summed E-state index contributed by atoms with van der Waals surface area (Å²) in [4.78, 5) is 24.5. The molecular formula is C32H41F2N3O3S. The van der Waals surface area contributed by atoms with Crippen LogP contribution in [-0.4, -0.2) is 41.3 Å². The number of piperidine rings is 1. The Bertz CT molecular complexity index is 1200. The number of nitrogens with one attached hydrogen (secondary N) is 2. The van der Waals surface area contributed by atoms with Crippen LogP contribution in [0.25, 0.3) is 0 Å². The van der Waals surface area contributed by atoms with Gasteiger partial charge in [-0.25, -0.2) is 8.78 Å². The van der Waals surface area contributed by atoms with Gasteiger partial charge in [0.1, 0.15) is 0 Å². The minimum atomic E-state index is -2.96. The normalized spacial score (nSPS) is 13.2. The van der Waals surface area contributed by atoms with Crippen molar-refractivity contribution in [2.24, 2.45) is 5.92 Å². The minimum Gasteiger partial charge on any atom is -0.483 e. The van der Waals surface area contributed by atoms with E-state index in [-0.39, 0.29) is 24.4 Å². The maximum atomic E-state index is 13.5. The van der Waals surface area contributed by atoms with Crippen LogP contribution in [-0.2, 0) is 34.2 Å². The second-order valence-corrected chi connectivity index (χ2v) is 11.1. The summed E-state index contributed by atoms with van der Waals surface area (Å²) in [5, 5.41) is 13.0. The van der Waals surface area contributed by atoms with Gasteiger partial charge in [0.15, 0.2) is 0 Å². The van der Waals surface area contributed by atoms with Crippen molar-refractivity contribution in [3.63, 3.8) is 0 Å². The molecule has 1 aliphatic heterocycles. The standard InChI is InChI=1S/C17H18F2N2O.C14H21NS.CH2O2/c1-12-7-8-13(10-20-12)11-21-16(22)9-14-5-3-4-6-15(14)17(2,18)19;1-12-3-2-4-14(9-12)11-16-10-13-5-7-15-8-6-13;2-1-3/h3-8,10H,9,11H2,1-2H3,(H,21,22);2-4,9,13,15H,5-8,10-11H2,1H3;1H,(H,2,3). The van der Waals surface area contributed by atoms with Gasteiger partial charge < -0.3 is 15.7 Å². The molecule has 0 radical (unpaired) electrons. The highest BCUT2D eigenvalue weighted by atomic mass is 32.2. The fraction of sp³-hybridized carbons (Fsp3) is 0.406. The first-order valence-electron chi connectivity index (χ1n) is 13.7. The summed E-state index contributed by atoms with van der Waals surface area (Å²) in [6, 6.07) is 18.7. The van der Waals surface area contributed by atoms with E-state index in [0.29, 0.717) is 12.1 Å². The van der Waals surface area contributed by atoms with Crippen LogP contribution in [0.2, 0.25) is 0 Å². The molecular weight excluding hydrogens is 544 g/mol. The summed E-state index contributed by atoms with van der Waals surface area (Å²) >= 11 is 2.09. The Kier molecular flexibility index (Phi) is 15.0. The minimum absolute atomic E-state index is 0.0705. The predicted octanol–water partition coefficient (Wildman–Crippen LogP) is 6.29. The van der Waals surface area contributed by atoms with Gasteiger partial charge in [0.05, 0.1) is 6.42 Å². The summed E-state index contributed by atoms with van der Waals surface area (Å²) in [5.74, 6) is 0.187. The molecule has 0 saturated carbocycles. The van der Waals surface area contributed by atoms with Crippen molar-refractivity contribution >= 4 is 24.1 Å². The molecule has 0 aliphatic carbocycles. The molecule has 222 valence electrons. The molecule has 2 heterocycles. The van der Waals surface area contributed by atoms with Crippen LogP contribution in [0.3, 0.4) is 0 Å². The van der Waals surface area contributed by atoms with Gasteiger partial charge in [-0.2, -0.15) is 11.8 Å². The average Bonchev–Trinajstić information content (AvgIpc) is 2.94. The van der Waals surface area contributed by atoms with Crippen LogP contribution in [0.5, 0.6) is 0 Å². The van der Waals surface area contributed by atoms with Gasteiger partial charge in [0, 0.05) is 36.7 Å². The Hall–Kier alpha value is -3.30. The number of pyridine rings is 1. The van der Waals surface area contributed by atoms with Crippen molar-refractivity contribution in [1.29, 1.82) is 0 Å². The maximum Gasteiger partial charge on any atom is 0.290 e. The van der Waals surface area contributed by atoms with Crippen molar-refractivity contribution in [3.8, 4) is 0 Å². The molecule has 4 rings (SSSR count). The van der Waals surface area contributed by atoms with E-state index in [4.69, 9.17) is 9.90 Å². The smallest absolute Gasteiger partial charge is 0.290 e. The molecule has 9 heteroatoms. The van der Waals surface area contributed by atoms with Gasteiger partial charge in [0.2, 0.25) is 5.91 Å². The number of hydrogen-bond donors (Lipinski definition) is 3. The Balaban J connectivity index is 0.000000272. The number of carboxylic acid groups (broad SMARTS) is 1. The lowest BCUT2D eigenvalue weighted by Crippen LogP contribution is -2.28. The van der Waals surface area contributed by atoms with E-state index in [9.17, 15) is 13.6 Å². The summed E-state index contributed by atoms with van der Waals surface area (Å²) in [6.07, 6.45) is 4.34. The van der Waals surface area contributed by atoms with Crippen LogP contribution >= 0.6 is 11.8 Å². The number of alkyl halides is 2. The molecule has 2 aromatic carbocycles. The molecule has 1 saturated heterocycles. The average molecular weight is 586 g/mol. The van der Waals surface area contributed by atoms with Crippen LogP contribution in [0.15, 0.2) is 66.9 Å². The summed E-state index contributed by atoms with van der Waals surface area (Å²) in [6.45, 7) is 7.40. The SMILES string of the molecule is Cc1ccc(CNC(=O)Cc2ccccc2C(C)(F)F)cn1.Cc1cccc(CSCC2CCNCC2)c1.O=CO. The highest BCUT2D eigenvalue weighted by Gasteiger charge is 2.27. The highest BCUT2D eigenvalue weighted by Crippen LogP contribution is 2.30. The monoisotopic (exact) mass is 585 g/mol. The number of hydrogen-bond acceptors (Lipinski definition) is 5. The van der Waals surface area contributed by atoms with Gasteiger partial charge in [-0.3, -0.25) is 14.6 Å². The quantitative estimate of drug-likeness (QED) is 0.256.